The molecule has 0 bridgehead atoms. The highest BCUT2D eigenvalue weighted by atomic mass is 35.5. The van der Waals surface area contributed by atoms with Crippen molar-refractivity contribution >= 4 is 41.0 Å². The zero-order valence-electron chi connectivity index (χ0n) is 11.6. The number of phenolic OH excluding ortho intramolecular Hbond substituents is 1. The Morgan fingerprint density at radius 2 is 1.64 bits per heavy atom. The van der Waals surface area contributed by atoms with Crippen molar-refractivity contribution in [2.24, 2.45) is 4.99 Å². The van der Waals surface area contributed by atoms with Gasteiger partial charge in [-0.1, -0.05) is 65.1 Å². The number of aliphatic imine (C=N–C) groups is 1. The molecule has 0 radical (unpaired) electrons. The van der Waals surface area contributed by atoms with Crippen LogP contribution in [0.3, 0.4) is 0 Å². The maximum Gasteiger partial charge on any atom is 0.121 e. The fraction of sp³-hybridized carbons (Fsp3) is 0.118. The first kappa shape index (κ1) is 16.9. The molecule has 0 spiro atoms. The lowest BCUT2D eigenvalue weighted by molar-refractivity contribution is 0.475. The van der Waals surface area contributed by atoms with Gasteiger partial charge in [0, 0.05) is 12.6 Å². The van der Waals surface area contributed by atoms with E-state index >= 15 is 0 Å². The van der Waals surface area contributed by atoms with Gasteiger partial charge >= 0.3 is 0 Å². The van der Waals surface area contributed by atoms with Gasteiger partial charge in [-0.05, 0) is 35.4 Å². The molecule has 0 fully saturated rings. The van der Waals surface area contributed by atoms with Gasteiger partial charge in [-0.3, -0.25) is 4.99 Å². The summed E-state index contributed by atoms with van der Waals surface area (Å²) in [5.74, 6) is 0.219. The van der Waals surface area contributed by atoms with Crippen LogP contribution in [0.15, 0.2) is 69.1 Å². The quantitative estimate of drug-likeness (QED) is 0.673. The van der Waals surface area contributed by atoms with Crippen molar-refractivity contribution < 1.29 is 5.11 Å². The zero-order valence-corrected chi connectivity index (χ0v) is 13.9. The van der Waals surface area contributed by atoms with Crippen LogP contribution >= 0.6 is 34.8 Å². The second-order valence-electron chi connectivity index (χ2n) is 4.67. The first-order valence-corrected chi connectivity index (χ1v) is 7.76. The molecule has 0 aliphatic heterocycles. The largest absolute Gasteiger partial charge is 0.508 e. The molecule has 0 aromatic heterocycles. The fourth-order valence-corrected chi connectivity index (χ4v) is 2.22. The molecule has 2 aromatic carbocycles. The maximum atomic E-state index is 9.29. The normalized spacial score (nSPS) is 12.3. The lowest BCUT2D eigenvalue weighted by Gasteiger charge is -2.12. The van der Waals surface area contributed by atoms with Crippen LogP contribution in [-0.2, 0) is 0 Å². The van der Waals surface area contributed by atoms with Crippen LogP contribution in [-0.4, -0.2) is 11.3 Å². The predicted molar refractivity (Wildman–Crippen MR) is 94.1 cm³/mol. The Hall–Kier alpha value is -1.48. The average molecular weight is 355 g/mol. The third-order valence-corrected chi connectivity index (χ3v) is 4.05. The Bertz CT molecular complexity index is 662. The van der Waals surface area contributed by atoms with E-state index in [2.05, 4.69) is 4.99 Å². The van der Waals surface area contributed by atoms with Crippen LogP contribution in [0.2, 0.25) is 0 Å². The zero-order chi connectivity index (χ0) is 15.9. The number of aromatic hydroxyl groups is 1. The SMILES string of the molecule is Oc1ccc(C=NC(CC(Cl)=C(Cl)Cl)c2ccccc2)cc1. The molecule has 1 N–H and O–H groups in total. The minimum atomic E-state index is -0.185. The van der Waals surface area contributed by atoms with Crippen LogP contribution in [0.1, 0.15) is 23.6 Å². The molecule has 22 heavy (non-hydrogen) atoms. The topological polar surface area (TPSA) is 32.6 Å². The molecule has 0 heterocycles. The average Bonchev–Trinajstić information content (AvgIpc) is 2.53. The molecule has 1 atom stereocenters. The minimum Gasteiger partial charge on any atom is -0.508 e. The van der Waals surface area contributed by atoms with E-state index < -0.39 is 0 Å². The summed E-state index contributed by atoms with van der Waals surface area (Å²) in [6, 6.07) is 16.4. The third kappa shape index (κ3) is 5.06. The van der Waals surface area contributed by atoms with Crippen LogP contribution < -0.4 is 0 Å². The van der Waals surface area contributed by atoms with E-state index in [1.807, 2.05) is 30.3 Å². The Kier molecular flexibility index (Phi) is 6.32. The second kappa shape index (κ2) is 8.23. The third-order valence-electron chi connectivity index (χ3n) is 3.06. The molecule has 0 saturated carbocycles. The molecular formula is C17H14Cl3NO. The summed E-state index contributed by atoms with van der Waals surface area (Å²) in [5, 5.41) is 9.67. The van der Waals surface area contributed by atoms with Gasteiger partial charge in [0.1, 0.15) is 10.2 Å². The summed E-state index contributed by atoms with van der Waals surface area (Å²) in [5.41, 5.74) is 1.90. The molecule has 5 heteroatoms. The number of nitrogens with zero attached hydrogens (tertiary/aromatic N) is 1. The van der Waals surface area contributed by atoms with E-state index in [0.717, 1.165) is 11.1 Å². The van der Waals surface area contributed by atoms with Crippen molar-refractivity contribution in [1.82, 2.24) is 0 Å². The van der Waals surface area contributed by atoms with Gasteiger partial charge < -0.3 is 5.11 Å². The summed E-state index contributed by atoms with van der Waals surface area (Å²) < 4.78 is 0.0578. The van der Waals surface area contributed by atoms with E-state index in [-0.39, 0.29) is 16.3 Å². The number of benzene rings is 2. The molecule has 114 valence electrons. The van der Waals surface area contributed by atoms with Gasteiger partial charge in [0.2, 0.25) is 0 Å². The Morgan fingerprint density at radius 3 is 2.23 bits per heavy atom. The van der Waals surface area contributed by atoms with Crippen LogP contribution in [0.25, 0.3) is 0 Å². The van der Waals surface area contributed by atoms with Gasteiger partial charge in [-0.2, -0.15) is 0 Å². The van der Waals surface area contributed by atoms with Gasteiger partial charge in [0.05, 0.1) is 11.1 Å². The lowest BCUT2D eigenvalue weighted by atomic mass is 10.0. The van der Waals surface area contributed by atoms with Gasteiger partial charge in [-0.25, -0.2) is 0 Å². The first-order chi connectivity index (χ1) is 10.6. The molecule has 1 unspecified atom stereocenters. The van der Waals surface area contributed by atoms with E-state index in [0.29, 0.717) is 11.5 Å². The van der Waals surface area contributed by atoms with Gasteiger partial charge in [0.15, 0.2) is 0 Å². The molecule has 2 aromatic rings. The van der Waals surface area contributed by atoms with E-state index in [4.69, 9.17) is 34.8 Å². The summed E-state index contributed by atoms with van der Waals surface area (Å²) in [7, 11) is 0. The highest BCUT2D eigenvalue weighted by molar-refractivity contribution is 6.59. The number of hydrogen-bond acceptors (Lipinski definition) is 2. The molecule has 0 saturated heterocycles. The van der Waals surface area contributed by atoms with Crippen molar-refractivity contribution in [3.63, 3.8) is 0 Å². The van der Waals surface area contributed by atoms with Crippen LogP contribution in [0.5, 0.6) is 5.75 Å². The van der Waals surface area contributed by atoms with Crippen molar-refractivity contribution in [2.45, 2.75) is 12.5 Å². The smallest absolute Gasteiger partial charge is 0.121 e. The Balaban J connectivity index is 2.24. The summed E-state index contributed by atoms with van der Waals surface area (Å²) in [6.45, 7) is 0. The molecule has 0 aliphatic carbocycles. The minimum absolute atomic E-state index is 0.0578. The van der Waals surface area contributed by atoms with Crippen LogP contribution in [0.4, 0.5) is 0 Å². The molecule has 0 aliphatic rings. The number of rotatable bonds is 5. The molecule has 2 rings (SSSR count). The fourth-order valence-electron chi connectivity index (χ4n) is 1.92. The highest BCUT2D eigenvalue weighted by Crippen LogP contribution is 2.31. The van der Waals surface area contributed by atoms with Crippen molar-refractivity contribution in [3.8, 4) is 5.75 Å². The Labute approximate surface area is 144 Å². The standard InChI is InChI=1S/C17H14Cl3NO/c18-15(17(19)20)10-16(13-4-2-1-3-5-13)21-11-12-6-8-14(22)9-7-12/h1-9,11,16,22H,10H2. The van der Waals surface area contributed by atoms with E-state index in [9.17, 15) is 5.11 Å². The monoisotopic (exact) mass is 353 g/mol. The lowest BCUT2D eigenvalue weighted by Crippen LogP contribution is -1.97. The van der Waals surface area contributed by atoms with Crippen LogP contribution in [0, 0.1) is 0 Å². The van der Waals surface area contributed by atoms with Gasteiger partial charge in [-0.15, -0.1) is 0 Å². The molecule has 2 nitrogen and oxygen atoms in total. The number of halogens is 3. The summed E-state index contributed by atoms with van der Waals surface area (Å²) in [4.78, 5) is 4.57. The Morgan fingerprint density at radius 1 is 1.00 bits per heavy atom. The predicted octanol–water partition coefficient (Wildman–Crippen LogP) is 5.83. The summed E-state index contributed by atoms with van der Waals surface area (Å²) in [6.07, 6.45) is 2.16. The molecule has 0 amide bonds. The number of phenols is 1. The second-order valence-corrected chi connectivity index (χ2v) is 6.07. The van der Waals surface area contributed by atoms with Crippen molar-refractivity contribution in [1.29, 1.82) is 0 Å². The first-order valence-electron chi connectivity index (χ1n) is 6.63. The van der Waals surface area contributed by atoms with Crippen molar-refractivity contribution in [2.75, 3.05) is 0 Å². The van der Waals surface area contributed by atoms with E-state index in [1.54, 1.807) is 30.5 Å². The maximum absolute atomic E-state index is 9.29. The summed E-state index contributed by atoms with van der Waals surface area (Å²) >= 11 is 17.5. The molecular weight excluding hydrogens is 341 g/mol. The van der Waals surface area contributed by atoms with Crippen molar-refractivity contribution in [3.05, 3.63) is 75.2 Å². The van der Waals surface area contributed by atoms with E-state index in [1.165, 1.54) is 0 Å². The highest BCUT2D eigenvalue weighted by Gasteiger charge is 2.12. The van der Waals surface area contributed by atoms with Gasteiger partial charge in [0.25, 0.3) is 0 Å². The number of hydrogen-bond donors (Lipinski definition) is 1.